The standard InChI is InChI=1S/C14H25N3O4S/c1-3-5-7-20-12-15-13(21-8-6-4-2)17-14(16-12)22-10-11(19)9-18/h11,18-19H,3-10H2,1-2H3. The molecule has 0 fully saturated rings. The first-order valence-electron chi connectivity index (χ1n) is 7.63. The van der Waals surface area contributed by atoms with E-state index < -0.39 is 6.10 Å². The van der Waals surface area contributed by atoms with E-state index in [-0.39, 0.29) is 18.6 Å². The van der Waals surface area contributed by atoms with Gasteiger partial charge in [0.2, 0.25) is 0 Å². The van der Waals surface area contributed by atoms with Crippen molar-refractivity contribution in [3.8, 4) is 12.0 Å². The Kier molecular flexibility index (Phi) is 9.85. The van der Waals surface area contributed by atoms with Crippen LogP contribution >= 0.6 is 11.8 Å². The van der Waals surface area contributed by atoms with Gasteiger partial charge < -0.3 is 19.7 Å². The third kappa shape index (κ3) is 7.77. The highest BCUT2D eigenvalue weighted by molar-refractivity contribution is 7.99. The molecule has 0 radical (unpaired) electrons. The van der Waals surface area contributed by atoms with Gasteiger partial charge >= 0.3 is 12.0 Å². The fraction of sp³-hybridized carbons (Fsp3) is 0.786. The molecule has 1 heterocycles. The van der Waals surface area contributed by atoms with Crippen molar-refractivity contribution in [1.29, 1.82) is 0 Å². The fourth-order valence-electron chi connectivity index (χ4n) is 1.35. The number of hydrogen-bond donors (Lipinski definition) is 2. The first-order chi connectivity index (χ1) is 10.7. The number of aromatic nitrogens is 3. The van der Waals surface area contributed by atoms with Crippen molar-refractivity contribution in [2.75, 3.05) is 25.6 Å². The van der Waals surface area contributed by atoms with E-state index in [1.807, 2.05) is 0 Å². The van der Waals surface area contributed by atoms with Crippen molar-refractivity contribution in [3.63, 3.8) is 0 Å². The largest absolute Gasteiger partial charge is 0.463 e. The SMILES string of the molecule is CCCCOc1nc(OCCCC)nc(SCC(O)CO)n1. The Morgan fingerprint density at radius 3 is 2.00 bits per heavy atom. The molecule has 0 amide bonds. The maximum Gasteiger partial charge on any atom is 0.323 e. The van der Waals surface area contributed by atoms with Gasteiger partial charge in [0.05, 0.1) is 25.9 Å². The molecule has 8 heteroatoms. The number of aliphatic hydroxyl groups excluding tert-OH is 2. The lowest BCUT2D eigenvalue weighted by molar-refractivity contribution is 0.113. The summed E-state index contributed by atoms with van der Waals surface area (Å²) < 4.78 is 11.0. The summed E-state index contributed by atoms with van der Waals surface area (Å²) in [5, 5.41) is 18.7. The Balaban J connectivity index is 2.70. The molecule has 0 aliphatic rings. The molecule has 0 aliphatic carbocycles. The third-order valence-electron chi connectivity index (χ3n) is 2.65. The summed E-state index contributed by atoms with van der Waals surface area (Å²) in [5.74, 6) is 0.295. The average molecular weight is 331 g/mol. The van der Waals surface area contributed by atoms with Crippen LogP contribution < -0.4 is 9.47 Å². The van der Waals surface area contributed by atoms with Crippen molar-refractivity contribution in [2.45, 2.75) is 50.8 Å². The second-order valence-corrected chi connectivity index (χ2v) is 5.72. The first kappa shape index (κ1) is 18.9. The van der Waals surface area contributed by atoms with Gasteiger partial charge in [0, 0.05) is 5.75 Å². The number of hydrogen-bond acceptors (Lipinski definition) is 8. The quantitative estimate of drug-likeness (QED) is 0.441. The van der Waals surface area contributed by atoms with Crippen molar-refractivity contribution >= 4 is 11.8 Å². The molecule has 1 aromatic heterocycles. The summed E-state index contributed by atoms with van der Waals surface area (Å²) in [6.07, 6.45) is 3.08. The maximum atomic E-state index is 9.40. The molecule has 2 N–H and O–H groups in total. The summed E-state index contributed by atoms with van der Waals surface area (Å²) in [7, 11) is 0. The van der Waals surface area contributed by atoms with Crippen LogP contribution in [0.5, 0.6) is 12.0 Å². The zero-order chi connectivity index (χ0) is 16.2. The Morgan fingerprint density at radius 2 is 1.55 bits per heavy atom. The van der Waals surface area contributed by atoms with Crippen molar-refractivity contribution in [2.24, 2.45) is 0 Å². The predicted molar refractivity (Wildman–Crippen MR) is 84.4 cm³/mol. The summed E-state index contributed by atoms with van der Waals surface area (Å²) in [4.78, 5) is 12.5. The molecule has 22 heavy (non-hydrogen) atoms. The molecule has 126 valence electrons. The molecule has 0 bridgehead atoms. The van der Waals surface area contributed by atoms with Gasteiger partial charge in [-0.25, -0.2) is 0 Å². The van der Waals surface area contributed by atoms with Crippen molar-refractivity contribution in [1.82, 2.24) is 15.0 Å². The Labute approximate surface area is 135 Å². The minimum Gasteiger partial charge on any atom is -0.463 e. The average Bonchev–Trinajstić information content (AvgIpc) is 2.53. The monoisotopic (exact) mass is 331 g/mol. The number of ether oxygens (including phenoxy) is 2. The normalized spacial score (nSPS) is 12.2. The summed E-state index contributed by atoms with van der Waals surface area (Å²) in [5.41, 5.74) is 0. The Bertz CT molecular complexity index is 395. The minimum atomic E-state index is -0.810. The number of thioether (sulfide) groups is 1. The van der Waals surface area contributed by atoms with Crippen LogP contribution in [0.15, 0.2) is 5.16 Å². The van der Waals surface area contributed by atoms with Gasteiger partial charge in [-0.2, -0.15) is 9.97 Å². The summed E-state index contributed by atoms with van der Waals surface area (Å²) in [6.45, 7) is 4.94. The number of nitrogens with zero attached hydrogens (tertiary/aromatic N) is 3. The van der Waals surface area contributed by atoms with Crippen LogP contribution in [0, 0.1) is 0 Å². The van der Waals surface area contributed by atoms with Crippen LogP contribution in [0.25, 0.3) is 0 Å². The van der Waals surface area contributed by atoms with Crippen molar-refractivity contribution in [3.05, 3.63) is 0 Å². The van der Waals surface area contributed by atoms with Gasteiger partial charge in [0.25, 0.3) is 0 Å². The van der Waals surface area contributed by atoms with Gasteiger partial charge in [0.15, 0.2) is 5.16 Å². The van der Waals surface area contributed by atoms with E-state index in [0.29, 0.717) is 24.1 Å². The number of rotatable bonds is 12. The van der Waals surface area contributed by atoms with E-state index in [0.717, 1.165) is 25.7 Å². The molecule has 1 atom stereocenters. The van der Waals surface area contributed by atoms with Crippen LogP contribution in [0.3, 0.4) is 0 Å². The summed E-state index contributed by atoms with van der Waals surface area (Å²) in [6, 6.07) is 0.465. The molecular weight excluding hydrogens is 306 g/mol. The van der Waals surface area contributed by atoms with E-state index in [4.69, 9.17) is 14.6 Å². The van der Waals surface area contributed by atoms with Crippen LogP contribution in [0.2, 0.25) is 0 Å². The number of unbranched alkanes of at least 4 members (excludes halogenated alkanes) is 2. The molecule has 0 aliphatic heterocycles. The zero-order valence-electron chi connectivity index (χ0n) is 13.2. The molecule has 1 rings (SSSR count). The van der Waals surface area contributed by atoms with Crippen molar-refractivity contribution < 1.29 is 19.7 Å². The lowest BCUT2D eigenvalue weighted by Crippen LogP contribution is -2.15. The molecular formula is C14H25N3O4S. The van der Waals surface area contributed by atoms with Crippen LogP contribution in [-0.2, 0) is 0 Å². The molecule has 1 aromatic rings. The smallest absolute Gasteiger partial charge is 0.323 e. The van der Waals surface area contributed by atoms with E-state index >= 15 is 0 Å². The highest BCUT2D eigenvalue weighted by Gasteiger charge is 2.11. The van der Waals surface area contributed by atoms with Gasteiger partial charge in [-0.15, -0.1) is 4.98 Å². The molecule has 0 aromatic carbocycles. The highest BCUT2D eigenvalue weighted by atomic mass is 32.2. The van der Waals surface area contributed by atoms with Gasteiger partial charge in [-0.3, -0.25) is 0 Å². The topological polar surface area (TPSA) is 97.6 Å². The first-order valence-corrected chi connectivity index (χ1v) is 8.61. The number of aliphatic hydroxyl groups is 2. The highest BCUT2D eigenvalue weighted by Crippen LogP contribution is 2.19. The Hall–Kier alpha value is -1.12. The minimum absolute atomic E-state index is 0.232. The zero-order valence-corrected chi connectivity index (χ0v) is 14.0. The molecule has 0 spiro atoms. The van der Waals surface area contributed by atoms with Crippen LogP contribution in [-0.4, -0.2) is 56.8 Å². The van der Waals surface area contributed by atoms with Crippen LogP contribution in [0.1, 0.15) is 39.5 Å². The summed E-state index contributed by atoms with van der Waals surface area (Å²) >= 11 is 1.23. The molecule has 1 unspecified atom stereocenters. The second-order valence-electron chi connectivity index (χ2n) is 4.73. The van der Waals surface area contributed by atoms with E-state index in [1.165, 1.54) is 11.8 Å². The molecule has 0 saturated heterocycles. The van der Waals surface area contributed by atoms with Gasteiger partial charge in [0.1, 0.15) is 0 Å². The second kappa shape index (κ2) is 11.4. The molecule has 7 nitrogen and oxygen atoms in total. The van der Waals surface area contributed by atoms with E-state index in [9.17, 15) is 5.11 Å². The van der Waals surface area contributed by atoms with E-state index in [2.05, 4.69) is 28.8 Å². The van der Waals surface area contributed by atoms with E-state index in [1.54, 1.807) is 0 Å². The van der Waals surface area contributed by atoms with Gasteiger partial charge in [-0.1, -0.05) is 38.5 Å². The lowest BCUT2D eigenvalue weighted by Gasteiger charge is -2.09. The van der Waals surface area contributed by atoms with Gasteiger partial charge in [-0.05, 0) is 12.8 Å². The predicted octanol–water partition coefficient (Wildman–Crippen LogP) is 1.67. The Morgan fingerprint density at radius 1 is 1.00 bits per heavy atom. The third-order valence-corrected chi connectivity index (χ3v) is 3.64. The fourth-order valence-corrected chi connectivity index (χ4v) is 2.09. The lowest BCUT2D eigenvalue weighted by atomic mass is 10.4. The van der Waals surface area contributed by atoms with Crippen LogP contribution in [0.4, 0.5) is 0 Å². The molecule has 0 saturated carbocycles. The maximum absolute atomic E-state index is 9.40.